The first-order valence-electron chi connectivity index (χ1n) is 6.16. The van der Waals surface area contributed by atoms with E-state index in [1.165, 1.54) is 13.0 Å². The Labute approximate surface area is 93.6 Å². The zero-order valence-electron chi connectivity index (χ0n) is 10.3. The first-order chi connectivity index (χ1) is 7.04. The van der Waals surface area contributed by atoms with Crippen molar-refractivity contribution in [2.75, 3.05) is 19.6 Å². The maximum atomic E-state index is 9.45. The molecule has 1 aliphatic rings. The van der Waals surface area contributed by atoms with E-state index in [0.29, 0.717) is 12.6 Å². The van der Waals surface area contributed by atoms with Crippen LogP contribution in [0.1, 0.15) is 33.6 Å². The molecule has 1 fully saturated rings. The van der Waals surface area contributed by atoms with Crippen LogP contribution in [0.5, 0.6) is 0 Å². The molecular weight excluding hydrogens is 188 g/mol. The molecular formula is C12H26N2O. The molecule has 15 heavy (non-hydrogen) atoms. The van der Waals surface area contributed by atoms with Crippen LogP contribution in [0.3, 0.4) is 0 Å². The molecule has 0 aromatic rings. The standard InChI is InChI=1S/C12H26N2O/c1-9-6-10(2)11(3)14(8-9)5-4-12(15)7-13/h9-12,15H,4-8,13H2,1-3H3. The third-order valence-corrected chi connectivity index (χ3v) is 3.74. The number of nitrogens with zero attached hydrogens (tertiary/aromatic N) is 1. The zero-order valence-corrected chi connectivity index (χ0v) is 10.3. The average Bonchev–Trinajstić information content (AvgIpc) is 2.20. The van der Waals surface area contributed by atoms with E-state index in [1.807, 2.05) is 0 Å². The van der Waals surface area contributed by atoms with Crippen molar-refractivity contribution in [2.24, 2.45) is 17.6 Å². The number of piperidine rings is 1. The van der Waals surface area contributed by atoms with Crippen molar-refractivity contribution in [3.63, 3.8) is 0 Å². The fourth-order valence-corrected chi connectivity index (χ4v) is 2.56. The molecule has 3 N–H and O–H groups in total. The number of aliphatic hydroxyl groups is 1. The Bertz CT molecular complexity index is 186. The Morgan fingerprint density at radius 2 is 2.07 bits per heavy atom. The number of rotatable bonds is 4. The Morgan fingerprint density at radius 3 is 2.67 bits per heavy atom. The Balaban J connectivity index is 2.38. The van der Waals surface area contributed by atoms with Gasteiger partial charge in [0, 0.05) is 25.7 Å². The molecule has 3 heteroatoms. The van der Waals surface area contributed by atoms with E-state index in [1.54, 1.807) is 0 Å². The molecule has 4 unspecified atom stereocenters. The van der Waals surface area contributed by atoms with E-state index < -0.39 is 0 Å². The van der Waals surface area contributed by atoms with Crippen molar-refractivity contribution in [3.05, 3.63) is 0 Å². The summed E-state index contributed by atoms with van der Waals surface area (Å²) in [6.45, 7) is 9.47. The van der Waals surface area contributed by atoms with Crippen molar-refractivity contribution in [3.8, 4) is 0 Å². The monoisotopic (exact) mass is 214 g/mol. The summed E-state index contributed by atoms with van der Waals surface area (Å²) < 4.78 is 0. The first-order valence-corrected chi connectivity index (χ1v) is 6.16. The zero-order chi connectivity index (χ0) is 11.4. The first kappa shape index (κ1) is 12.9. The van der Waals surface area contributed by atoms with E-state index in [9.17, 15) is 5.11 Å². The van der Waals surface area contributed by atoms with Gasteiger partial charge in [-0.2, -0.15) is 0 Å². The minimum atomic E-state index is -0.329. The van der Waals surface area contributed by atoms with Gasteiger partial charge in [-0.05, 0) is 31.6 Å². The van der Waals surface area contributed by atoms with Crippen LogP contribution in [0.25, 0.3) is 0 Å². The predicted molar refractivity (Wildman–Crippen MR) is 63.7 cm³/mol. The average molecular weight is 214 g/mol. The third kappa shape index (κ3) is 3.74. The molecule has 0 amide bonds. The van der Waals surface area contributed by atoms with Crippen LogP contribution in [-0.2, 0) is 0 Å². The van der Waals surface area contributed by atoms with Crippen molar-refractivity contribution in [1.82, 2.24) is 4.90 Å². The highest BCUT2D eigenvalue weighted by atomic mass is 16.3. The summed E-state index contributed by atoms with van der Waals surface area (Å²) in [6, 6.07) is 0.645. The van der Waals surface area contributed by atoms with E-state index in [4.69, 9.17) is 5.73 Å². The lowest BCUT2D eigenvalue weighted by atomic mass is 9.86. The summed E-state index contributed by atoms with van der Waals surface area (Å²) in [4.78, 5) is 2.50. The lowest BCUT2D eigenvalue weighted by Gasteiger charge is -2.41. The SMILES string of the molecule is CC1CC(C)C(C)N(CCC(O)CN)C1. The van der Waals surface area contributed by atoms with Gasteiger partial charge in [-0.15, -0.1) is 0 Å². The van der Waals surface area contributed by atoms with Gasteiger partial charge in [0.2, 0.25) is 0 Å². The second-order valence-electron chi connectivity index (χ2n) is 5.23. The maximum Gasteiger partial charge on any atom is 0.0674 e. The molecule has 4 atom stereocenters. The molecule has 0 radical (unpaired) electrons. The van der Waals surface area contributed by atoms with Crippen LogP contribution < -0.4 is 5.73 Å². The largest absolute Gasteiger partial charge is 0.392 e. The Morgan fingerprint density at radius 1 is 1.40 bits per heavy atom. The summed E-state index contributed by atoms with van der Waals surface area (Å²) in [5.74, 6) is 1.55. The van der Waals surface area contributed by atoms with Crippen molar-refractivity contribution in [1.29, 1.82) is 0 Å². The van der Waals surface area contributed by atoms with Gasteiger partial charge in [-0.25, -0.2) is 0 Å². The lowest BCUT2D eigenvalue weighted by molar-refractivity contribution is 0.0616. The van der Waals surface area contributed by atoms with Gasteiger partial charge in [0.25, 0.3) is 0 Å². The van der Waals surface area contributed by atoms with Gasteiger partial charge in [0.15, 0.2) is 0 Å². The third-order valence-electron chi connectivity index (χ3n) is 3.74. The molecule has 0 aromatic carbocycles. The minimum absolute atomic E-state index is 0.329. The molecule has 0 spiro atoms. The second kappa shape index (κ2) is 5.83. The van der Waals surface area contributed by atoms with Crippen molar-refractivity contribution in [2.45, 2.75) is 45.8 Å². The highest BCUT2D eigenvalue weighted by molar-refractivity contribution is 4.82. The van der Waals surface area contributed by atoms with E-state index in [-0.39, 0.29) is 6.10 Å². The van der Waals surface area contributed by atoms with Crippen LogP contribution in [0, 0.1) is 11.8 Å². The highest BCUT2D eigenvalue weighted by Gasteiger charge is 2.28. The molecule has 0 saturated carbocycles. The number of aliphatic hydroxyl groups excluding tert-OH is 1. The Hall–Kier alpha value is -0.120. The topological polar surface area (TPSA) is 49.5 Å². The van der Waals surface area contributed by atoms with Crippen LogP contribution in [0.2, 0.25) is 0 Å². The van der Waals surface area contributed by atoms with Gasteiger partial charge < -0.3 is 15.7 Å². The summed E-state index contributed by atoms with van der Waals surface area (Å²) in [5, 5.41) is 9.45. The summed E-state index contributed by atoms with van der Waals surface area (Å²) in [5.41, 5.74) is 5.41. The number of nitrogens with two attached hydrogens (primary N) is 1. The smallest absolute Gasteiger partial charge is 0.0674 e. The number of hydrogen-bond acceptors (Lipinski definition) is 3. The molecule has 0 aliphatic carbocycles. The number of likely N-dealkylation sites (tertiary alicyclic amines) is 1. The maximum absolute atomic E-state index is 9.45. The lowest BCUT2D eigenvalue weighted by Crippen LogP contribution is -2.46. The quantitative estimate of drug-likeness (QED) is 0.736. The van der Waals surface area contributed by atoms with Gasteiger partial charge in [-0.1, -0.05) is 13.8 Å². The summed E-state index contributed by atoms with van der Waals surface area (Å²) >= 11 is 0. The van der Waals surface area contributed by atoms with Gasteiger partial charge in [0.1, 0.15) is 0 Å². The molecule has 1 saturated heterocycles. The number of hydrogen-bond donors (Lipinski definition) is 2. The van der Waals surface area contributed by atoms with Crippen molar-refractivity contribution >= 4 is 0 Å². The van der Waals surface area contributed by atoms with Gasteiger partial charge >= 0.3 is 0 Å². The van der Waals surface area contributed by atoms with Gasteiger partial charge in [-0.3, -0.25) is 0 Å². The fraction of sp³-hybridized carbons (Fsp3) is 1.00. The van der Waals surface area contributed by atoms with Crippen molar-refractivity contribution < 1.29 is 5.11 Å². The summed E-state index contributed by atoms with van der Waals surface area (Å²) in [6.07, 6.45) is 1.81. The van der Waals surface area contributed by atoms with E-state index >= 15 is 0 Å². The van der Waals surface area contributed by atoms with Gasteiger partial charge in [0.05, 0.1) is 6.10 Å². The van der Waals surface area contributed by atoms with Crippen LogP contribution >= 0.6 is 0 Å². The molecule has 3 nitrogen and oxygen atoms in total. The molecule has 1 rings (SSSR count). The Kier molecular flexibility index (Phi) is 5.03. The van der Waals surface area contributed by atoms with Crippen LogP contribution in [0.15, 0.2) is 0 Å². The summed E-state index contributed by atoms with van der Waals surface area (Å²) in [7, 11) is 0. The second-order valence-corrected chi connectivity index (χ2v) is 5.23. The highest BCUT2D eigenvalue weighted by Crippen LogP contribution is 2.26. The molecule has 0 aromatic heterocycles. The normalized spacial score (nSPS) is 35.4. The van der Waals surface area contributed by atoms with Crippen LogP contribution in [-0.4, -0.2) is 41.8 Å². The van der Waals surface area contributed by atoms with E-state index in [2.05, 4.69) is 25.7 Å². The van der Waals surface area contributed by atoms with E-state index in [0.717, 1.165) is 24.8 Å². The molecule has 1 aliphatic heterocycles. The molecule has 90 valence electrons. The van der Waals surface area contributed by atoms with Crippen LogP contribution in [0.4, 0.5) is 0 Å². The predicted octanol–water partition coefficient (Wildman–Crippen LogP) is 1.06. The molecule has 1 heterocycles. The molecule has 0 bridgehead atoms. The fourth-order valence-electron chi connectivity index (χ4n) is 2.56. The minimum Gasteiger partial charge on any atom is -0.392 e.